The van der Waals surface area contributed by atoms with Crippen molar-refractivity contribution in [3.8, 4) is 5.75 Å². The number of amides is 2. The maximum Gasteiger partial charge on any atom is 0.248 e. The summed E-state index contributed by atoms with van der Waals surface area (Å²) < 4.78 is 16.4. The van der Waals surface area contributed by atoms with Crippen LogP contribution in [0.3, 0.4) is 0 Å². The summed E-state index contributed by atoms with van der Waals surface area (Å²) in [6.07, 6.45) is 2.33. The van der Waals surface area contributed by atoms with Crippen LogP contribution in [0.5, 0.6) is 5.75 Å². The molecule has 0 aromatic heterocycles. The maximum atomic E-state index is 12.5. The number of para-hydroxylation sites is 1. The predicted molar refractivity (Wildman–Crippen MR) is 112 cm³/mol. The number of ether oxygens (including phenoxy) is 3. The van der Waals surface area contributed by atoms with Gasteiger partial charge in [-0.2, -0.15) is 0 Å². The first-order chi connectivity index (χ1) is 14.6. The van der Waals surface area contributed by atoms with Crippen molar-refractivity contribution >= 4 is 11.8 Å². The highest BCUT2D eigenvalue weighted by Gasteiger charge is 2.42. The summed E-state index contributed by atoms with van der Waals surface area (Å²) in [5.74, 6) is 0.868. The first kappa shape index (κ1) is 22.5. The van der Waals surface area contributed by atoms with Crippen LogP contribution in [0.25, 0.3) is 0 Å². The average molecular weight is 420 g/mol. The van der Waals surface area contributed by atoms with Gasteiger partial charge in [-0.3, -0.25) is 14.5 Å². The third kappa shape index (κ3) is 5.93. The number of carbonyl (C=O) groups is 2. The lowest BCUT2D eigenvalue weighted by Crippen LogP contribution is -2.52. The van der Waals surface area contributed by atoms with Crippen LogP contribution in [0, 0.1) is 0 Å². The van der Waals surface area contributed by atoms with E-state index in [1.54, 1.807) is 14.2 Å². The molecule has 2 aliphatic rings. The van der Waals surface area contributed by atoms with Crippen LogP contribution in [0.2, 0.25) is 0 Å². The summed E-state index contributed by atoms with van der Waals surface area (Å²) in [5, 5.41) is 2.79. The second-order valence-corrected chi connectivity index (χ2v) is 7.77. The zero-order valence-corrected chi connectivity index (χ0v) is 17.9. The standard InChI is InChI=1S/C22H33N3O5/c1-23-22(27)20-14-19(30-18-6-4-3-5-7-18)15-25(20)17-8-10-24(11-9-17)21(26)16-29-13-12-28-2/h3-7,17,19-20H,8-16H2,1-2H3,(H,23,27)/t19-,20-/m0/s1. The number of carbonyl (C=O) groups excluding carboxylic acids is 2. The van der Waals surface area contributed by atoms with E-state index in [9.17, 15) is 9.59 Å². The number of likely N-dealkylation sites (tertiary alicyclic amines) is 2. The number of nitrogens with zero attached hydrogens (tertiary/aromatic N) is 2. The topological polar surface area (TPSA) is 80.3 Å². The molecule has 2 heterocycles. The molecular formula is C22H33N3O5. The van der Waals surface area contributed by atoms with Gasteiger partial charge in [0.2, 0.25) is 11.8 Å². The Morgan fingerprint density at radius 1 is 1.13 bits per heavy atom. The van der Waals surface area contributed by atoms with E-state index >= 15 is 0 Å². The molecule has 0 radical (unpaired) electrons. The van der Waals surface area contributed by atoms with Crippen molar-refractivity contribution in [2.75, 3.05) is 53.6 Å². The molecule has 8 heteroatoms. The van der Waals surface area contributed by atoms with Gasteiger partial charge in [0.25, 0.3) is 0 Å². The van der Waals surface area contributed by atoms with Crippen LogP contribution < -0.4 is 10.1 Å². The van der Waals surface area contributed by atoms with Crippen LogP contribution >= 0.6 is 0 Å². The molecule has 0 saturated carbocycles. The number of likely N-dealkylation sites (N-methyl/N-ethyl adjacent to an activating group) is 1. The van der Waals surface area contributed by atoms with E-state index in [0.29, 0.717) is 39.3 Å². The summed E-state index contributed by atoms with van der Waals surface area (Å²) in [7, 11) is 3.28. The molecule has 0 aliphatic carbocycles. The fraction of sp³-hybridized carbons (Fsp3) is 0.636. The molecule has 0 unspecified atom stereocenters. The molecule has 30 heavy (non-hydrogen) atoms. The van der Waals surface area contributed by atoms with Crippen molar-refractivity contribution in [3.05, 3.63) is 30.3 Å². The Bertz CT molecular complexity index is 679. The molecule has 2 amide bonds. The lowest BCUT2D eigenvalue weighted by atomic mass is 10.0. The Hall–Kier alpha value is -2.16. The molecule has 3 rings (SSSR count). The van der Waals surface area contributed by atoms with Gasteiger partial charge in [-0.25, -0.2) is 0 Å². The van der Waals surface area contributed by atoms with E-state index in [1.165, 1.54) is 0 Å². The lowest BCUT2D eigenvalue weighted by Gasteiger charge is -2.38. The van der Waals surface area contributed by atoms with Crippen molar-refractivity contribution in [1.82, 2.24) is 15.1 Å². The van der Waals surface area contributed by atoms with Crippen molar-refractivity contribution in [2.24, 2.45) is 0 Å². The minimum atomic E-state index is -0.201. The van der Waals surface area contributed by atoms with E-state index in [-0.39, 0.29) is 36.6 Å². The van der Waals surface area contributed by atoms with Gasteiger partial charge in [0.1, 0.15) is 18.5 Å². The van der Waals surface area contributed by atoms with E-state index in [1.807, 2.05) is 35.2 Å². The average Bonchev–Trinajstić information content (AvgIpc) is 3.20. The molecule has 1 N–H and O–H groups in total. The predicted octanol–water partition coefficient (Wildman–Crippen LogP) is 0.908. The van der Waals surface area contributed by atoms with Crippen LogP contribution in [0.4, 0.5) is 0 Å². The molecule has 1 aromatic carbocycles. The second-order valence-electron chi connectivity index (χ2n) is 7.77. The molecule has 0 bridgehead atoms. The number of hydrogen-bond donors (Lipinski definition) is 1. The molecule has 8 nitrogen and oxygen atoms in total. The van der Waals surface area contributed by atoms with Gasteiger partial charge in [-0.15, -0.1) is 0 Å². The normalized spacial score (nSPS) is 22.8. The number of hydrogen-bond acceptors (Lipinski definition) is 6. The van der Waals surface area contributed by atoms with Gasteiger partial charge in [0.15, 0.2) is 0 Å². The minimum absolute atomic E-state index is 0.0131. The Morgan fingerprint density at radius 2 is 1.87 bits per heavy atom. The SMILES string of the molecule is CNC(=O)[C@@H]1C[C@H](Oc2ccccc2)CN1C1CCN(C(=O)COCCOC)CC1. The molecule has 166 valence electrons. The summed E-state index contributed by atoms with van der Waals surface area (Å²) in [6.45, 7) is 3.06. The summed E-state index contributed by atoms with van der Waals surface area (Å²) in [6, 6.07) is 9.79. The zero-order chi connectivity index (χ0) is 21.3. The highest BCUT2D eigenvalue weighted by Crippen LogP contribution is 2.29. The number of rotatable bonds is 9. The summed E-state index contributed by atoms with van der Waals surface area (Å²) in [5.41, 5.74) is 0. The highest BCUT2D eigenvalue weighted by molar-refractivity contribution is 5.82. The Morgan fingerprint density at radius 3 is 2.53 bits per heavy atom. The first-order valence-corrected chi connectivity index (χ1v) is 10.7. The van der Waals surface area contributed by atoms with Crippen molar-refractivity contribution in [2.45, 2.75) is 37.5 Å². The zero-order valence-electron chi connectivity index (χ0n) is 17.9. The number of methoxy groups -OCH3 is 1. The fourth-order valence-corrected chi connectivity index (χ4v) is 4.27. The molecule has 0 spiro atoms. The van der Waals surface area contributed by atoms with Gasteiger partial charge in [-0.1, -0.05) is 18.2 Å². The molecule has 2 atom stereocenters. The number of benzene rings is 1. The van der Waals surface area contributed by atoms with Gasteiger partial charge < -0.3 is 24.4 Å². The third-order valence-corrected chi connectivity index (χ3v) is 5.84. The summed E-state index contributed by atoms with van der Waals surface area (Å²) in [4.78, 5) is 29.0. The number of piperidine rings is 1. The second kappa shape index (κ2) is 11.3. The van der Waals surface area contributed by atoms with Crippen molar-refractivity contribution in [1.29, 1.82) is 0 Å². The number of nitrogens with one attached hydrogen (secondary N) is 1. The Balaban J connectivity index is 1.53. The highest BCUT2D eigenvalue weighted by atomic mass is 16.5. The van der Waals surface area contributed by atoms with E-state index in [4.69, 9.17) is 14.2 Å². The molecular weight excluding hydrogens is 386 g/mol. The first-order valence-electron chi connectivity index (χ1n) is 10.7. The molecule has 2 saturated heterocycles. The minimum Gasteiger partial charge on any atom is -0.489 e. The largest absolute Gasteiger partial charge is 0.489 e. The van der Waals surface area contributed by atoms with E-state index < -0.39 is 0 Å². The van der Waals surface area contributed by atoms with E-state index in [0.717, 1.165) is 18.6 Å². The van der Waals surface area contributed by atoms with Gasteiger partial charge in [0, 0.05) is 46.3 Å². The van der Waals surface area contributed by atoms with Gasteiger partial charge in [0.05, 0.1) is 19.3 Å². The van der Waals surface area contributed by atoms with Crippen molar-refractivity contribution in [3.63, 3.8) is 0 Å². The van der Waals surface area contributed by atoms with Gasteiger partial charge >= 0.3 is 0 Å². The van der Waals surface area contributed by atoms with E-state index in [2.05, 4.69) is 10.2 Å². The monoisotopic (exact) mass is 419 g/mol. The summed E-state index contributed by atoms with van der Waals surface area (Å²) >= 11 is 0. The van der Waals surface area contributed by atoms with Crippen molar-refractivity contribution < 1.29 is 23.8 Å². The fourth-order valence-electron chi connectivity index (χ4n) is 4.27. The molecule has 2 aliphatic heterocycles. The molecule has 2 fully saturated rings. The lowest BCUT2D eigenvalue weighted by molar-refractivity contribution is -0.138. The Kier molecular flexibility index (Phi) is 8.48. The van der Waals surface area contributed by atoms with Crippen LogP contribution in [0.15, 0.2) is 30.3 Å². The smallest absolute Gasteiger partial charge is 0.248 e. The van der Waals surface area contributed by atoms with Gasteiger partial charge in [-0.05, 0) is 25.0 Å². The van der Waals surface area contributed by atoms with Crippen LogP contribution in [-0.4, -0.2) is 93.4 Å². The molecule has 1 aromatic rings. The Labute approximate surface area is 178 Å². The van der Waals surface area contributed by atoms with Crippen LogP contribution in [-0.2, 0) is 19.1 Å². The quantitative estimate of drug-likeness (QED) is 0.600. The maximum absolute atomic E-state index is 12.5. The van der Waals surface area contributed by atoms with Crippen LogP contribution in [0.1, 0.15) is 19.3 Å². The third-order valence-electron chi connectivity index (χ3n) is 5.84.